The van der Waals surface area contributed by atoms with Gasteiger partial charge in [0.15, 0.2) is 0 Å². The van der Waals surface area contributed by atoms with Crippen LogP contribution in [0.5, 0.6) is 0 Å². The first-order valence-corrected chi connectivity index (χ1v) is 6.81. The molecule has 0 amide bonds. The molecule has 0 spiro atoms. The molecule has 0 saturated carbocycles. The largest absolute Gasteiger partial charge is 0.462 e. The third-order valence-electron chi connectivity index (χ3n) is 2.37. The van der Waals surface area contributed by atoms with Crippen molar-refractivity contribution in [2.75, 3.05) is 26.4 Å². The minimum Gasteiger partial charge on any atom is -0.462 e. The topological polar surface area (TPSA) is 105 Å². The van der Waals surface area contributed by atoms with Crippen LogP contribution in [-0.2, 0) is 38.1 Å². The summed E-state index contributed by atoms with van der Waals surface area (Å²) in [6.07, 6.45) is 1.81. The Labute approximate surface area is 134 Å². The molecule has 1 atom stereocenters. The van der Waals surface area contributed by atoms with Crippen LogP contribution in [0.4, 0.5) is 0 Å². The molecule has 0 aromatic heterocycles. The van der Waals surface area contributed by atoms with Crippen LogP contribution in [0.2, 0.25) is 0 Å². The van der Waals surface area contributed by atoms with E-state index in [0.717, 1.165) is 12.2 Å². The van der Waals surface area contributed by atoms with E-state index in [-0.39, 0.29) is 32.8 Å². The van der Waals surface area contributed by atoms with Gasteiger partial charge in [-0.25, -0.2) is 9.59 Å². The number of rotatable bonds is 11. The molecule has 128 valence electrons. The van der Waals surface area contributed by atoms with Crippen molar-refractivity contribution in [2.24, 2.45) is 5.92 Å². The SMILES string of the molecule is C=CC(=O)OCCOC(=O)CC(C)C(=O)OCCOC(=O)C=C. The van der Waals surface area contributed by atoms with Crippen LogP contribution in [-0.4, -0.2) is 50.3 Å². The van der Waals surface area contributed by atoms with Gasteiger partial charge in [-0.1, -0.05) is 20.1 Å². The van der Waals surface area contributed by atoms with Gasteiger partial charge < -0.3 is 18.9 Å². The lowest BCUT2D eigenvalue weighted by Crippen LogP contribution is -2.22. The maximum Gasteiger partial charge on any atom is 0.330 e. The summed E-state index contributed by atoms with van der Waals surface area (Å²) in [5.41, 5.74) is 0. The Hall–Kier alpha value is -2.64. The summed E-state index contributed by atoms with van der Waals surface area (Å²) >= 11 is 0. The van der Waals surface area contributed by atoms with E-state index < -0.39 is 29.8 Å². The van der Waals surface area contributed by atoms with Crippen LogP contribution < -0.4 is 0 Å². The fraction of sp³-hybridized carbons (Fsp3) is 0.467. The number of carbonyl (C=O) groups is 4. The molecule has 0 saturated heterocycles. The Bertz CT molecular complexity index is 454. The smallest absolute Gasteiger partial charge is 0.330 e. The van der Waals surface area contributed by atoms with Crippen molar-refractivity contribution in [1.29, 1.82) is 0 Å². The monoisotopic (exact) mass is 328 g/mol. The van der Waals surface area contributed by atoms with Crippen LogP contribution in [0.25, 0.3) is 0 Å². The first-order valence-electron chi connectivity index (χ1n) is 6.81. The van der Waals surface area contributed by atoms with E-state index in [4.69, 9.17) is 9.47 Å². The molecule has 0 aromatic rings. The second-order valence-corrected chi connectivity index (χ2v) is 4.24. The molecule has 0 aromatic carbocycles. The molecule has 0 aliphatic carbocycles. The third-order valence-corrected chi connectivity index (χ3v) is 2.37. The minimum atomic E-state index is -0.715. The lowest BCUT2D eigenvalue weighted by Gasteiger charge is -2.11. The van der Waals surface area contributed by atoms with Crippen molar-refractivity contribution in [3.05, 3.63) is 25.3 Å². The van der Waals surface area contributed by atoms with E-state index in [0.29, 0.717) is 0 Å². The Balaban J connectivity index is 3.82. The molecule has 8 nitrogen and oxygen atoms in total. The molecular weight excluding hydrogens is 308 g/mol. The molecule has 23 heavy (non-hydrogen) atoms. The molecule has 0 radical (unpaired) electrons. The van der Waals surface area contributed by atoms with Gasteiger partial charge in [0.25, 0.3) is 0 Å². The van der Waals surface area contributed by atoms with Gasteiger partial charge in [0.1, 0.15) is 26.4 Å². The van der Waals surface area contributed by atoms with Crippen LogP contribution in [0.15, 0.2) is 25.3 Å². The number of carbonyl (C=O) groups excluding carboxylic acids is 4. The van der Waals surface area contributed by atoms with E-state index in [1.807, 2.05) is 0 Å². The average Bonchev–Trinajstić information content (AvgIpc) is 2.54. The molecule has 8 heteroatoms. The number of ether oxygens (including phenoxy) is 4. The zero-order valence-electron chi connectivity index (χ0n) is 12.9. The molecule has 0 rings (SSSR count). The fourth-order valence-corrected chi connectivity index (χ4v) is 1.23. The third kappa shape index (κ3) is 10.7. The molecule has 0 bridgehead atoms. The fourth-order valence-electron chi connectivity index (χ4n) is 1.23. The van der Waals surface area contributed by atoms with Crippen LogP contribution in [0, 0.1) is 5.92 Å². The maximum atomic E-state index is 11.6. The van der Waals surface area contributed by atoms with Crippen LogP contribution >= 0.6 is 0 Å². The predicted octanol–water partition coefficient (Wildman–Crippen LogP) is 0.557. The van der Waals surface area contributed by atoms with Crippen molar-refractivity contribution in [3.63, 3.8) is 0 Å². The molecule has 0 aliphatic rings. The lowest BCUT2D eigenvalue weighted by atomic mass is 10.1. The van der Waals surface area contributed by atoms with Gasteiger partial charge in [-0.2, -0.15) is 0 Å². The zero-order valence-corrected chi connectivity index (χ0v) is 12.9. The van der Waals surface area contributed by atoms with Crippen molar-refractivity contribution < 1.29 is 38.1 Å². The Kier molecular flexibility index (Phi) is 10.6. The zero-order chi connectivity index (χ0) is 17.7. The first kappa shape index (κ1) is 20.4. The highest BCUT2D eigenvalue weighted by Gasteiger charge is 2.19. The highest BCUT2D eigenvalue weighted by atomic mass is 16.6. The number of hydrogen-bond acceptors (Lipinski definition) is 8. The van der Waals surface area contributed by atoms with E-state index in [9.17, 15) is 19.2 Å². The summed E-state index contributed by atoms with van der Waals surface area (Å²) in [5.74, 6) is -3.19. The van der Waals surface area contributed by atoms with Gasteiger partial charge >= 0.3 is 23.9 Å². The highest BCUT2D eigenvalue weighted by Crippen LogP contribution is 2.06. The maximum absolute atomic E-state index is 11.6. The second kappa shape index (κ2) is 12.0. The quantitative estimate of drug-likeness (QED) is 0.234. The molecule has 0 heterocycles. The lowest BCUT2D eigenvalue weighted by molar-refractivity contribution is -0.157. The number of hydrogen-bond donors (Lipinski definition) is 0. The summed E-state index contributed by atoms with van der Waals surface area (Å²) < 4.78 is 18.9. The molecule has 1 unspecified atom stereocenters. The van der Waals surface area contributed by atoms with Crippen LogP contribution in [0.1, 0.15) is 13.3 Å². The van der Waals surface area contributed by atoms with Crippen molar-refractivity contribution >= 4 is 23.9 Å². The van der Waals surface area contributed by atoms with E-state index >= 15 is 0 Å². The Morgan fingerprint density at radius 3 is 1.74 bits per heavy atom. The number of esters is 4. The summed E-state index contributed by atoms with van der Waals surface area (Å²) in [5, 5.41) is 0. The predicted molar refractivity (Wildman–Crippen MR) is 78.0 cm³/mol. The normalized spacial score (nSPS) is 10.8. The standard InChI is InChI=1S/C15H20O8/c1-4-12(16)20-6-7-22-14(18)10-11(3)15(19)23-9-8-21-13(17)5-2/h4-5,11H,1-2,6-10H2,3H3. The first-order chi connectivity index (χ1) is 10.9. The van der Waals surface area contributed by atoms with Gasteiger partial charge in [-0.15, -0.1) is 0 Å². The summed E-state index contributed by atoms with van der Waals surface area (Å²) in [4.78, 5) is 44.5. The Morgan fingerprint density at radius 1 is 0.826 bits per heavy atom. The summed E-state index contributed by atoms with van der Waals surface area (Å²) in [6.45, 7) is 7.51. The summed E-state index contributed by atoms with van der Waals surface area (Å²) in [6, 6.07) is 0. The minimum absolute atomic E-state index is 0.0932. The van der Waals surface area contributed by atoms with Gasteiger partial charge in [-0.05, 0) is 0 Å². The van der Waals surface area contributed by atoms with Crippen molar-refractivity contribution in [1.82, 2.24) is 0 Å². The van der Waals surface area contributed by atoms with E-state index in [2.05, 4.69) is 22.6 Å². The summed E-state index contributed by atoms with van der Waals surface area (Å²) in [7, 11) is 0. The molecule has 0 fully saturated rings. The molecule has 0 aliphatic heterocycles. The van der Waals surface area contributed by atoms with Gasteiger partial charge in [0.05, 0.1) is 12.3 Å². The molecule has 0 N–H and O–H groups in total. The average molecular weight is 328 g/mol. The van der Waals surface area contributed by atoms with Crippen molar-refractivity contribution in [3.8, 4) is 0 Å². The van der Waals surface area contributed by atoms with E-state index in [1.165, 1.54) is 6.92 Å². The van der Waals surface area contributed by atoms with Crippen LogP contribution in [0.3, 0.4) is 0 Å². The molecular formula is C15H20O8. The van der Waals surface area contributed by atoms with Crippen molar-refractivity contribution in [2.45, 2.75) is 13.3 Å². The second-order valence-electron chi connectivity index (χ2n) is 4.24. The van der Waals surface area contributed by atoms with E-state index in [1.54, 1.807) is 0 Å². The Morgan fingerprint density at radius 2 is 1.26 bits per heavy atom. The highest BCUT2D eigenvalue weighted by molar-refractivity contribution is 5.81. The van der Waals surface area contributed by atoms with Gasteiger partial charge in [0, 0.05) is 12.2 Å². The van der Waals surface area contributed by atoms with Gasteiger partial charge in [0.2, 0.25) is 0 Å². The van der Waals surface area contributed by atoms with Gasteiger partial charge in [-0.3, -0.25) is 9.59 Å².